The lowest BCUT2D eigenvalue weighted by Crippen LogP contribution is -2.35. The average molecular weight is 323 g/mol. The SMILES string of the molecule is NC1SCCN1Cc1cc([N+](=O)[O-])cc2[nH]c(=O)c(=O)[nH]c12. The summed E-state index contributed by atoms with van der Waals surface area (Å²) in [6.07, 6.45) is 0. The minimum atomic E-state index is -0.840. The van der Waals surface area contributed by atoms with Crippen LogP contribution in [0.1, 0.15) is 5.56 Å². The number of nitro groups is 1. The van der Waals surface area contributed by atoms with Crippen molar-refractivity contribution in [3.63, 3.8) is 0 Å². The van der Waals surface area contributed by atoms with Crippen LogP contribution in [0.2, 0.25) is 0 Å². The minimum absolute atomic E-state index is 0.148. The number of non-ortho nitro benzene ring substituents is 1. The number of H-pyrrole nitrogens is 2. The van der Waals surface area contributed by atoms with E-state index >= 15 is 0 Å². The van der Waals surface area contributed by atoms with Crippen LogP contribution in [-0.4, -0.2) is 37.6 Å². The smallest absolute Gasteiger partial charge is 0.314 e. The highest BCUT2D eigenvalue weighted by molar-refractivity contribution is 8.00. The second-order valence-corrected chi connectivity index (χ2v) is 6.15. The Bertz CT molecular complexity index is 861. The summed E-state index contributed by atoms with van der Waals surface area (Å²) in [7, 11) is 0. The molecule has 4 N–H and O–H groups in total. The van der Waals surface area contributed by atoms with Crippen LogP contribution in [0.3, 0.4) is 0 Å². The first kappa shape index (κ1) is 14.8. The number of nitrogens with zero attached hydrogens (tertiary/aromatic N) is 2. The van der Waals surface area contributed by atoms with Gasteiger partial charge in [-0.3, -0.25) is 24.6 Å². The lowest BCUT2D eigenvalue weighted by Gasteiger charge is -2.20. The van der Waals surface area contributed by atoms with E-state index in [2.05, 4.69) is 9.97 Å². The summed E-state index contributed by atoms with van der Waals surface area (Å²) in [5.41, 5.74) is 5.15. The standard InChI is InChI=1S/C12H13N5O4S/c13-12-16(1-2-22-12)5-6-3-7(17(20)21)4-8-9(6)15-11(19)10(18)14-8/h3-4,12H,1-2,5,13H2,(H,14,18)(H,15,19). The molecule has 1 aromatic carbocycles. The van der Waals surface area contributed by atoms with Crippen molar-refractivity contribution in [2.24, 2.45) is 5.73 Å². The molecule has 0 aliphatic carbocycles. The van der Waals surface area contributed by atoms with Crippen molar-refractivity contribution in [2.45, 2.75) is 12.0 Å². The number of aromatic amines is 2. The van der Waals surface area contributed by atoms with E-state index in [0.29, 0.717) is 17.6 Å². The van der Waals surface area contributed by atoms with Gasteiger partial charge in [0.05, 0.1) is 16.0 Å². The molecule has 1 fully saturated rings. The van der Waals surface area contributed by atoms with Gasteiger partial charge in [0, 0.05) is 31.0 Å². The molecule has 0 bridgehead atoms. The van der Waals surface area contributed by atoms with Crippen molar-refractivity contribution < 1.29 is 4.92 Å². The fraction of sp³-hybridized carbons (Fsp3) is 0.333. The molecular formula is C12H13N5O4S. The topological polar surface area (TPSA) is 138 Å². The third-order valence-corrected chi connectivity index (χ3v) is 4.57. The zero-order valence-corrected chi connectivity index (χ0v) is 12.2. The van der Waals surface area contributed by atoms with E-state index in [1.807, 2.05) is 4.90 Å². The Hall–Kier alpha value is -2.17. The van der Waals surface area contributed by atoms with E-state index in [1.54, 1.807) is 11.8 Å². The summed E-state index contributed by atoms with van der Waals surface area (Å²) in [5.74, 6) is 0.876. The van der Waals surface area contributed by atoms with Crippen molar-refractivity contribution in [1.29, 1.82) is 0 Å². The Kier molecular flexibility index (Phi) is 3.72. The Morgan fingerprint density at radius 1 is 1.36 bits per heavy atom. The minimum Gasteiger partial charge on any atom is -0.316 e. The molecule has 2 aromatic rings. The van der Waals surface area contributed by atoms with E-state index in [9.17, 15) is 19.7 Å². The highest BCUT2D eigenvalue weighted by atomic mass is 32.2. The second kappa shape index (κ2) is 5.55. The van der Waals surface area contributed by atoms with Crippen molar-refractivity contribution >= 4 is 28.5 Å². The Balaban J connectivity index is 2.17. The van der Waals surface area contributed by atoms with Crippen molar-refractivity contribution in [3.8, 4) is 0 Å². The van der Waals surface area contributed by atoms with Crippen molar-refractivity contribution in [2.75, 3.05) is 12.3 Å². The van der Waals surface area contributed by atoms with Gasteiger partial charge in [-0.05, 0) is 5.56 Å². The molecule has 1 atom stereocenters. The molecule has 1 aliphatic rings. The number of nitro benzene ring substituents is 1. The van der Waals surface area contributed by atoms with E-state index in [-0.39, 0.29) is 16.7 Å². The highest BCUT2D eigenvalue weighted by Crippen LogP contribution is 2.26. The number of aromatic nitrogens is 2. The molecule has 1 aromatic heterocycles. The molecule has 3 rings (SSSR count). The Morgan fingerprint density at radius 2 is 2.09 bits per heavy atom. The molecule has 1 saturated heterocycles. The zero-order chi connectivity index (χ0) is 15.9. The molecule has 1 unspecified atom stereocenters. The number of fused-ring (bicyclic) bond motifs is 1. The number of hydrogen-bond acceptors (Lipinski definition) is 7. The van der Waals surface area contributed by atoms with E-state index in [1.165, 1.54) is 12.1 Å². The molecule has 1 aliphatic heterocycles. The normalized spacial score (nSPS) is 18.9. The first-order chi connectivity index (χ1) is 10.5. The molecule has 0 spiro atoms. The van der Waals surface area contributed by atoms with Gasteiger partial charge in [0.15, 0.2) is 0 Å². The third-order valence-electron chi connectivity index (χ3n) is 3.51. The quantitative estimate of drug-likeness (QED) is 0.408. The third kappa shape index (κ3) is 2.63. The first-order valence-corrected chi connectivity index (χ1v) is 7.55. The first-order valence-electron chi connectivity index (χ1n) is 6.50. The average Bonchev–Trinajstić information content (AvgIpc) is 2.86. The number of nitrogens with two attached hydrogens (primary N) is 1. The molecular weight excluding hydrogens is 310 g/mol. The van der Waals surface area contributed by atoms with E-state index in [0.717, 1.165) is 12.3 Å². The highest BCUT2D eigenvalue weighted by Gasteiger charge is 2.23. The van der Waals surface area contributed by atoms with Gasteiger partial charge in [0.25, 0.3) is 5.69 Å². The van der Waals surface area contributed by atoms with Crippen LogP contribution in [0.4, 0.5) is 5.69 Å². The largest absolute Gasteiger partial charge is 0.316 e. The van der Waals surface area contributed by atoms with Gasteiger partial charge in [-0.15, -0.1) is 11.8 Å². The molecule has 22 heavy (non-hydrogen) atoms. The van der Waals surface area contributed by atoms with Gasteiger partial charge in [0.2, 0.25) is 0 Å². The molecule has 0 saturated carbocycles. The van der Waals surface area contributed by atoms with Gasteiger partial charge in [-0.2, -0.15) is 0 Å². The fourth-order valence-electron chi connectivity index (χ4n) is 2.42. The van der Waals surface area contributed by atoms with Crippen LogP contribution in [0, 0.1) is 10.1 Å². The lowest BCUT2D eigenvalue weighted by molar-refractivity contribution is -0.384. The van der Waals surface area contributed by atoms with Crippen LogP contribution in [0.15, 0.2) is 21.7 Å². The summed E-state index contributed by atoms with van der Waals surface area (Å²) >= 11 is 1.59. The second-order valence-electron chi connectivity index (χ2n) is 4.92. The van der Waals surface area contributed by atoms with Gasteiger partial charge in [0.1, 0.15) is 5.50 Å². The van der Waals surface area contributed by atoms with Crippen molar-refractivity contribution in [3.05, 3.63) is 48.5 Å². The van der Waals surface area contributed by atoms with Gasteiger partial charge >= 0.3 is 11.1 Å². The van der Waals surface area contributed by atoms with Gasteiger partial charge in [-0.25, -0.2) is 0 Å². The van der Waals surface area contributed by atoms with E-state index in [4.69, 9.17) is 5.73 Å². The molecule has 0 radical (unpaired) electrons. The van der Waals surface area contributed by atoms with Crippen LogP contribution in [-0.2, 0) is 6.54 Å². The number of benzene rings is 1. The molecule has 0 amide bonds. The number of rotatable bonds is 3. The van der Waals surface area contributed by atoms with Crippen LogP contribution in [0.5, 0.6) is 0 Å². The Morgan fingerprint density at radius 3 is 2.73 bits per heavy atom. The Labute approximate surface area is 127 Å². The van der Waals surface area contributed by atoms with Crippen LogP contribution in [0.25, 0.3) is 11.0 Å². The molecule has 2 heterocycles. The summed E-state index contributed by atoms with van der Waals surface area (Å²) in [6, 6.07) is 2.63. The number of hydrogen-bond donors (Lipinski definition) is 3. The predicted molar refractivity (Wildman–Crippen MR) is 82.7 cm³/mol. The van der Waals surface area contributed by atoms with Crippen molar-refractivity contribution in [1.82, 2.24) is 14.9 Å². The van der Waals surface area contributed by atoms with Gasteiger partial charge in [-0.1, -0.05) is 0 Å². The summed E-state index contributed by atoms with van der Waals surface area (Å²) in [5, 5.41) is 11.0. The van der Waals surface area contributed by atoms with Crippen LogP contribution < -0.4 is 16.9 Å². The summed E-state index contributed by atoms with van der Waals surface area (Å²) < 4.78 is 0. The van der Waals surface area contributed by atoms with Gasteiger partial charge < -0.3 is 15.7 Å². The summed E-state index contributed by atoms with van der Waals surface area (Å²) in [6.45, 7) is 1.11. The predicted octanol–water partition coefficient (Wildman–Crippen LogP) is -0.0843. The summed E-state index contributed by atoms with van der Waals surface area (Å²) in [4.78, 5) is 40.3. The maximum absolute atomic E-state index is 11.5. The fourth-order valence-corrected chi connectivity index (χ4v) is 3.39. The maximum Gasteiger partial charge on any atom is 0.314 e. The monoisotopic (exact) mass is 323 g/mol. The van der Waals surface area contributed by atoms with E-state index < -0.39 is 16.0 Å². The molecule has 9 nitrogen and oxygen atoms in total. The number of nitrogens with one attached hydrogen (secondary N) is 2. The maximum atomic E-state index is 11.5. The molecule has 116 valence electrons. The molecule has 10 heteroatoms. The number of thioether (sulfide) groups is 1. The lowest BCUT2D eigenvalue weighted by atomic mass is 10.1. The zero-order valence-electron chi connectivity index (χ0n) is 11.4. The van der Waals surface area contributed by atoms with Crippen LogP contribution >= 0.6 is 11.8 Å².